The third-order valence-corrected chi connectivity index (χ3v) is 3.14. The maximum atomic E-state index is 13.3. The minimum atomic E-state index is -0.572. The Kier molecular flexibility index (Phi) is 4.27. The molecule has 2 aromatic rings. The summed E-state index contributed by atoms with van der Waals surface area (Å²) in [6.45, 7) is 1.95. The highest BCUT2D eigenvalue weighted by Crippen LogP contribution is 2.33. The van der Waals surface area contributed by atoms with Gasteiger partial charge in [0.2, 0.25) is 5.76 Å². The maximum Gasteiger partial charge on any atom is 0.374 e. The second-order valence-electron chi connectivity index (χ2n) is 3.68. The number of hydrogen-bond donors (Lipinski definition) is 0. The molecule has 3 nitrogen and oxygen atoms in total. The van der Waals surface area contributed by atoms with Gasteiger partial charge in [-0.3, -0.25) is 0 Å². The summed E-state index contributed by atoms with van der Waals surface area (Å²) in [5.74, 6) is -0.991. The van der Waals surface area contributed by atoms with Crippen molar-refractivity contribution in [3.05, 3.63) is 45.5 Å². The van der Waals surface area contributed by atoms with E-state index in [1.54, 1.807) is 13.0 Å². The first kappa shape index (κ1) is 14.1. The number of furan rings is 1. The Bertz CT molecular complexity index is 604. The Labute approximate surface area is 122 Å². The average Bonchev–Trinajstić information content (AvgIpc) is 2.70. The van der Waals surface area contributed by atoms with Crippen LogP contribution < -0.4 is 0 Å². The average molecular weight is 348 g/mol. The van der Waals surface area contributed by atoms with E-state index in [1.165, 1.54) is 18.2 Å². The predicted molar refractivity (Wildman–Crippen MR) is 72.8 cm³/mol. The molecule has 0 N–H and O–H groups in total. The first-order chi connectivity index (χ1) is 9.01. The molecule has 100 valence electrons. The van der Waals surface area contributed by atoms with Crippen LogP contribution in [0, 0.1) is 5.82 Å². The molecule has 0 atom stereocenters. The van der Waals surface area contributed by atoms with E-state index in [4.69, 9.17) is 20.8 Å². The van der Waals surface area contributed by atoms with Gasteiger partial charge in [-0.25, -0.2) is 9.18 Å². The number of benzene rings is 1. The summed E-state index contributed by atoms with van der Waals surface area (Å²) in [6, 6.07) is 5.56. The molecule has 0 amide bonds. The van der Waals surface area contributed by atoms with Gasteiger partial charge >= 0.3 is 5.97 Å². The smallest absolute Gasteiger partial charge is 0.374 e. The number of halogens is 3. The van der Waals surface area contributed by atoms with Crippen LogP contribution in [-0.4, -0.2) is 12.6 Å². The molecule has 0 saturated heterocycles. The molecule has 0 bridgehead atoms. The van der Waals surface area contributed by atoms with Crippen LogP contribution in [0.25, 0.3) is 11.1 Å². The molecule has 0 unspecified atom stereocenters. The van der Waals surface area contributed by atoms with Crippen molar-refractivity contribution in [1.82, 2.24) is 0 Å². The minimum absolute atomic E-state index is 0.0455. The van der Waals surface area contributed by atoms with Crippen LogP contribution in [0.2, 0.25) is 5.02 Å². The van der Waals surface area contributed by atoms with Gasteiger partial charge in [0.1, 0.15) is 5.82 Å². The molecule has 1 aromatic carbocycles. The summed E-state index contributed by atoms with van der Waals surface area (Å²) in [5, 5.41) is 0.265. The molecule has 0 aliphatic carbocycles. The number of hydrogen-bond acceptors (Lipinski definition) is 3. The molecule has 0 spiro atoms. The van der Waals surface area contributed by atoms with Gasteiger partial charge in [0.15, 0.2) is 4.67 Å². The predicted octanol–water partition coefficient (Wildman–Crippen LogP) is 4.68. The van der Waals surface area contributed by atoms with Crippen molar-refractivity contribution in [2.45, 2.75) is 6.92 Å². The van der Waals surface area contributed by atoms with E-state index < -0.39 is 11.8 Å². The molecule has 6 heteroatoms. The monoisotopic (exact) mass is 346 g/mol. The normalized spacial score (nSPS) is 10.5. The van der Waals surface area contributed by atoms with Crippen LogP contribution in [-0.2, 0) is 4.74 Å². The summed E-state index contributed by atoms with van der Waals surface area (Å²) in [7, 11) is 0. The molecule has 0 radical (unpaired) electrons. The van der Waals surface area contributed by atoms with Gasteiger partial charge in [-0.1, -0.05) is 11.6 Å². The van der Waals surface area contributed by atoms with Crippen molar-refractivity contribution >= 4 is 33.5 Å². The summed E-state index contributed by atoms with van der Waals surface area (Å²) in [4.78, 5) is 11.5. The van der Waals surface area contributed by atoms with Gasteiger partial charge in [0.05, 0.1) is 6.61 Å². The highest BCUT2D eigenvalue weighted by molar-refractivity contribution is 9.10. The first-order valence-electron chi connectivity index (χ1n) is 5.44. The SMILES string of the molecule is CCOC(=O)c1cc(-c2cc(F)cc(Cl)c2)c(Br)o1. The van der Waals surface area contributed by atoms with Crippen molar-refractivity contribution in [1.29, 1.82) is 0 Å². The van der Waals surface area contributed by atoms with Crippen LogP contribution >= 0.6 is 27.5 Å². The topological polar surface area (TPSA) is 39.4 Å². The fourth-order valence-electron chi connectivity index (χ4n) is 1.58. The number of carbonyl (C=O) groups is 1. The third kappa shape index (κ3) is 3.16. The van der Waals surface area contributed by atoms with Crippen molar-refractivity contribution in [3.8, 4) is 11.1 Å². The van der Waals surface area contributed by atoms with E-state index in [2.05, 4.69) is 15.9 Å². The van der Waals surface area contributed by atoms with E-state index >= 15 is 0 Å². The lowest BCUT2D eigenvalue weighted by Crippen LogP contribution is -2.02. The Balaban J connectivity index is 2.42. The molecule has 0 aliphatic heterocycles. The summed E-state index contributed by atoms with van der Waals surface area (Å²) in [6.07, 6.45) is 0. The summed E-state index contributed by atoms with van der Waals surface area (Å²) < 4.78 is 23.7. The van der Waals surface area contributed by atoms with E-state index in [0.29, 0.717) is 15.8 Å². The molecule has 1 aromatic heterocycles. The van der Waals surface area contributed by atoms with Crippen LogP contribution in [0.3, 0.4) is 0 Å². The van der Waals surface area contributed by atoms with Crippen LogP contribution in [0.5, 0.6) is 0 Å². The molecule has 19 heavy (non-hydrogen) atoms. The standard InChI is InChI=1S/C13H9BrClFO3/c1-2-18-13(17)11-6-10(12(14)19-11)7-3-8(15)5-9(16)4-7/h3-6H,2H2,1H3. The Morgan fingerprint density at radius 3 is 2.79 bits per heavy atom. The second kappa shape index (κ2) is 5.75. The highest BCUT2D eigenvalue weighted by Gasteiger charge is 2.18. The van der Waals surface area contributed by atoms with Crippen LogP contribution in [0.1, 0.15) is 17.5 Å². The Morgan fingerprint density at radius 1 is 1.42 bits per heavy atom. The third-order valence-electron chi connectivity index (χ3n) is 2.34. The number of rotatable bonds is 3. The van der Waals surface area contributed by atoms with Gasteiger partial charge in [-0.2, -0.15) is 0 Å². The fourth-order valence-corrected chi connectivity index (χ4v) is 2.32. The van der Waals surface area contributed by atoms with Crippen molar-refractivity contribution in [3.63, 3.8) is 0 Å². The van der Waals surface area contributed by atoms with Crippen LogP contribution in [0.4, 0.5) is 4.39 Å². The Hall–Kier alpha value is -1.33. The molecular weight excluding hydrogens is 338 g/mol. The number of ether oxygens (including phenoxy) is 1. The zero-order chi connectivity index (χ0) is 14.0. The van der Waals surface area contributed by atoms with Crippen molar-refractivity contribution in [2.24, 2.45) is 0 Å². The van der Waals surface area contributed by atoms with E-state index in [0.717, 1.165) is 0 Å². The molecule has 0 fully saturated rings. The summed E-state index contributed by atoms with van der Waals surface area (Å²) in [5.41, 5.74) is 1.04. The zero-order valence-corrected chi connectivity index (χ0v) is 12.2. The lowest BCUT2D eigenvalue weighted by atomic mass is 10.1. The van der Waals surface area contributed by atoms with Gasteiger partial charge in [0.25, 0.3) is 0 Å². The van der Waals surface area contributed by atoms with Crippen LogP contribution in [0.15, 0.2) is 33.4 Å². The lowest BCUT2D eigenvalue weighted by molar-refractivity contribution is 0.0488. The van der Waals surface area contributed by atoms with Gasteiger partial charge in [-0.15, -0.1) is 0 Å². The fraction of sp³-hybridized carbons (Fsp3) is 0.154. The first-order valence-corrected chi connectivity index (χ1v) is 6.61. The lowest BCUT2D eigenvalue weighted by Gasteiger charge is -1.99. The zero-order valence-electron chi connectivity index (χ0n) is 9.88. The van der Waals surface area contributed by atoms with E-state index in [-0.39, 0.29) is 17.4 Å². The van der Waals surface area contributed by atoms with E-state index in [1.807, 2.05) is 0 Å². The second-order valence-corrected chi connectivity index (χ2v) is 4.83. The molecule has 0 saturated carbocycles. The summed E-state index contributed by atoms with van der Waals surface area (Å²) >= 11 is 8.98. The maximum absolute atomic E-state index is 13.3. The number of carbonyl (C=O) groups excluding carboxylic acids is 1. The molecule has 0 aliphatic rings. The minimum Gasteiger partial charge on any atom is -0.460 e. The van der Waals surface area contributed by atoms with Crippen molar-refractivity contribution in [2.75, 3.05) is 6.61 Å². The Morgan fingerprint density at radius 2 is 2.16 bits per heavy atom. The molecule has 2 rings (SSSR count). The molecule has 1 heterocycles. The number of esters is 1. The quantitative estimate of drug-likeness (QED) is 0.757. The largest absolute Gasteiger partial charge is 0.460 e. The van der Waals surface area contributed by atoms with Gasteiger partial charge < -0.3 is 9.15 Å². The highest BCUT2D eigenvalue weighted by atomic mass is 79.9. The van der Waals surface area contributed by atoms with Gasteiger partial charge in [0, 0.05) is 16.7 Å². The van der Waals surface area contributed by atoms with E-state index in [9.17, 15) is 9.18 Å². The van der Waals surface area contributed by atoms with Gasteiger partial charge in [-0.05, 0) is 46.6 Å². The van der Waals surface area contributed by atoms with Crippen molar-refractivity contribution < 1.29 is 18.3 Å². The molecular formula is C13H9BrClFO3.